The minimum Gasteiger partial charge on any atom is -0.382 e. The van der Waals surface area contributed by atoms with Crippen LogP contribution in [0.1, 0.15) is 12.8 Å². The summed E-state index contributed by atoms with van der Waals surface area (Å²) in [5.41, 5.74) is 1.37. The quantitative estimate of drug-likeness (QED) is 0.792. The zero-order chi connectivity index (χ0) is 20.5. The lowest BCUT2D eigenvalue weighted by atomic mass is 10.0. The molecule has 1 saturated heterocycles. The van der Waals surface area contributed by atoms with Crippen molar-refractivity contribution in [2.45, 2.75) is 28.7 Å². The highest BCUT2D eigenvalue weighted by Gasteiger charge is 2.25. The first-order valence-corrected chi connectivity index (χ1v) is 12.6. The minimum atomic E-state index is -3.59. The fraction of sp³-hybridized carbons (Fsp3) is 0.368. The maximum Gasteiger partial charge on any atom is 0.177 e. The van der Waals surface area contributed by atoms with Crippen molar-refractivity contribution in [3.8, 4) is 0 Å². The lowest BCUT2D eigenvalue weighted by Gasteiger charge is -2.35. The molecule has 0 aliphatic carbocycles. The van der Waals surface area contributed by atoms with Gasteiger partial charge in [0.1, 0.15) is 5.82 Å². The van der Waals surface area contributed by atoms with Gasteiger partial charge in [0.05, 0.1) is 15.5 Å². The van der Waals surface area contributed by atoms with Crippen LogP contribution in [0.15, 0.2) is 52.3 Å². The van der Waals surface area contributed by atoms with E-state index in [4.69, 9.17) is 0 Å². The van der Waals surface area contributed by atoms with Crippen LogP contribution in [0.2, 0.25) is 0 Å². The first-order chi connectivity index (χ1) is 13.0. The normalized spacial score (nSPS) is 16.2. The van der Waals surface area contributed by atoms with Crippen LogP contribution in [0.25, 0.3) is 0 Å². The molecule has 0 atom stereocenters. The van der Waals surface area contributed by atoms with E-state index >= 15 is 0 Å². The Balaban J connectivity index is 1.77. The molecule has 0 amide bonds. The lowest BCUT2D eigenvalue weighted by molar-refractivity contribution is 0.523. The van der Waals surface area contributed by atoms with Gasteiger partial charge in [0.15, 0.2) is 19.7 Å². The van der Waals surface area contributed by atoms with E-state index in [1.807, 2.05) is 4.90 Å². The van der Waals surface area contributed by atoms with Crippen LogP contribution in [-0.4, -0.2) is 48.5 Å². The Kier molecular flexibility index (Phi) is 5.67. The summed E-state index contributed by atoms with van der Waals surface area (Å²) in [6.07, 6.45) is 3.68. The van der Waals surface area contributed by atoms with Gasteiger partial charge in [-0.15, -0.1) is 0 Å². The molecule has 1 N–H and O–H groups in total. The van der Waals surface area contributed by atoms with E-state index in [1.54, 1.807) is 18.2 Å². The molecule has 2 aromatic carbocycles. The number of halogens is 1. The van der Waals surface area contributed by atoms with Gasteiger partial charge in [-0.2, -0.15) is 0 Å². The Bertz CT molecular complexity index is 1060. The summed E-state index contributed by atoms with van der Waals surface area (Å²) in [4.78, 5) is 1.98. The molecular weight excluding hydrogens is 403 g/mol. The van der Waals surface area contributed by atoms with E-state index in [0.29, 0.717) is 18.8 Å². The maximum atomic E-state index is 13.0. The largest absolute Gasteiger partial charge is 0.382 e. The van der Waals surface area contributed by atoms with Gasteiger partial charge in [-0.25, -0.2) is 21.2 Å². The van der Waals surface area contributed by atoms with Gasteiger partial charge in [-0.3, -0.25) is 0 Å². The van der Waals surface area contributed by atoms with E-state index < -0.39 is 19.7 Å². The van der Waals surface area contributed by atoms with Crippen molar-refractivity contribution >= 4 is 31.0 Å². The molecule has 0 saturated carbocycles. The molecule has 0 radical (unpaired) electrons. The van der Waals surface area contributed by atoms with Crippen LogP contribution >= 0.6 is 0 Å². The molecule has 9 heteroatoms. The molecule has 2 aromatic rings. The van der Waals surface area contributed by atoms with Gasteiger partial charge in [-0.05, 0) is 55.3 Å². The summed E-state index contributed by atoms with van der Waals surface area (Å²) < 4.78 is 61.1. The number of nitrogens with one attached hydrogen (secondary N) is 1. The smallest absolute Gasteiger partial charge is 0.177 e. The van der Waals surface area contributed by atoms with E-state index in [1.165, 1.54) is 24.3 Å². The Morgan fingerprint density at radius 1 is 0.929 bits per heavy atom. The third kappa shape index (κ3) is 4.82. The first kappa shape index (κ1) is 20.6. The predicted octanol–water partition coefficient (Wildman–Crippen LogP) is 2.71. The molecular formula is C19H23FN2O4S2. The highest BCUT2D eigenvalue weighted by atomic mass is 32.2. The summed E-state index contributed by atoms with van der Waals surface area (Å²) in [6.45, 7) is 1.25. The summed E-state index contributed by atoms with van der Waals surface area (Å²) >= 11 is 0. The molecule has 6 nitrogen and oxygen atoms in total. The fourth-order valence-corrected chi connectivity index (χ4v) is 4.97. The van der Waals surface area contributed by atoms with Crippen molar-refractivity contribution in [1.82, 2.24) is 0 Å². The summed E-state index contributed by atoms with van der Waals surface area (Å²) in [5, 5.41) is 3.36. The zero-order valence-electron chi connectivity index (χ0n) is 15.7. The molecule has 152 valence electrons. The van der Waals surface area contributed by atoms with Crippen LogP contribution in [0.4, 0.5) is 15.8 Å². The number of nitrogens with zero attached hydrogens (tertiary/aromatic N) is 1. The average Bonchev–Trinajstić information content (AvgIpc) is 2.62. The van der Waals surface area contributed by atoms with E-state index in [0.717, 1.165) is 31.0 Å². The van der Waals surface area contributed by atoms with Gasteiger partial charge in [0.25, 0.3) is 0 Å². The molecule has 1 aliphatic rings. The van der Waals surface area contributed by atoms with Crippen molar-refractivity contribution in [3.05, 3.63) is 48.3 Å². The van der Waals surface area contributed by atoms with Gasteiger partial charge in [0.2, 0.25) is 0 Å². The standard InChI is InChI=1S/C19H23FN2O4S2/c1-27(23,24)17-7-8-18(19(13-17)28(2,25)26)22-11-9-16(10-12-22)21-15-5-3-14(20)4-6-15/h3-8,13,16,21H,9-12H2,1-2H3. The molecule has 1 aliphatic heterocycles. The minimum absolute atomic E-state index is 0.00969. The van der Waals surface area contributed by atoms with Gasteiger partial charge in [0, 0.05) is 37.3 Å². The van der Waals surface area contributed by atoms with Crippen LogP contribution in [0.3, 0.4) is 0 Å². The number of anilines is 2. The summed E-state index contributed by atoms with van der Waals surface area (Å²) in [6, 6.07) is 10.6. The van der Waals surface area contributed by atoms with E-state index in [2.05, 4.69) is 5.32 Å². The number of benzene rings is 2. The number of piperidine rings is 1. The molecule has 0 spiro atoms. The monoisotopic (exact) mass is 426 g/mol. The Morgan fingerprint density at radius 2 is 1.54 bits per heavy atom. The van der Waals surface area contributed by atoms with E-state index in [-0.39, 0.29) is 21.7 Å². The third-order valence-corrected chi connectivity index (χ3v) is 7.05. The average molecular weight is 427 g/mol. The Labute approximate surface area is 165 Å². The third-order valence-electron chi connectivity index (χ3n) is 4.81. The molecule has 0 unspecified atom stereocenters. The van der Waals surface area contributed by atoms with Crippen molar-refractivity contribution in [3.63, 3.8) is 0 Å². The second kappa shape index (κ2) is 7.71. The SMILES string of the molecule is CS(=O)(=O)c1ccc(N2CCC(Nc3ccc(F)cc3)CC2)c(S(C)(=O)=O)c1. The number of hydrogen-bond donors (Lipinski definition) is 1. The maximum absolute atomic E-state index is 13.0. The fourth-order valence-electron chi connectivity index (χ4n) is 3.33. The molecule has 1 fully saturated rings. The Hall–Kier alpha value is -2.13. The van der Waals surface area contributed by atoms with Crippen molar-refractivity contribution in [2.24, 2.45) is 0 Å². The molecule has 28 heavy (non-hydrogen) atoms. The zero-order valence-corrected chi connectivity index (χ0v) is 17.4. The molecule has 1 heterocycles. The Morgan fingerprint density at radius 3 is 2.07 bits per heavy atom. The number of hydrogen-bond acceptors (Lipinski definition) is 6. The highest BCUT2D eigenvalue weighted by Crippen LogP contribution is 2.31. The summed E-state index contributed by atoms with van der Waals surface area (Å²) in [7, 11) is -7.09. The molecule has 3 rings (SSSR count). The topological polar surface area (TPSA) is 83.6 Å². The van der Waals surface area contributed by atoms with Crippen molar-refractivity contribution in [2.75, 3.05) is 35.8 Å². The summed E-state index contributed by atoms with van der Waals surface area (Å²) in [5.74, 6) is -0.286. The van der Waals surface area contributed by atoms with Crippen LogP contribution in [-0.2, 0) is 19.7 Å². The van der Waals surface area contributed by atoms with Gasteiger partial charge >= 0.3 is 0 Å². The van der Waals surface area contributed by atoms with Crippen LogP contribution < -0.4 is 10.2 Å². The van der Waals surface area contributed by atoms with Gasteiger partial charge in [-0.1, -0.05) is 0 Å². The second-order valence-electron chi connectivity index (χ2n) is 7.09. The second-order valence-corrected chi connectivity index (χ2v) is 11.1. The van der Waals surface area contributed by atoms with Crippen LogP contribution in [0.5, 0.6) is 0 Å². The van der Waals surface area contributed by atoms with Gasteiger partial charge < -0.3 is 10.2 Å². The predicted molar refractivity (Wildman–Crippen MR) is 108 cm³/mol. The van der Waals surface area contributed by atoms with Crippen molar-refractivity contribution in [1.29, 1.82) is 0 Å². The van der Waals surface area contributed by atoms with Crippen molar-refractivity contribution < 1.29 is 21.2 Å². The number of rotatable bonds is 5. The highest BCUT2D eigenvalue weighted by molar-refractivity contribution is 7.91. The first-order valence-electron chi connectivity index (χ1n) is 8.85. The lowest BCUT2D eigenvalue weighted by Crippen LogP contribution is -2.39. The number of sulfone groups is 2. The van der Waals surface area contributed by atoms with Crippen LogP contribution in [0, 0.1) is 5.82 Å². The molecule has 0 aromatic heterocycles. The van der Waals surface area contributed by atoms with E-state index in [9.17, 15) is 21.2 Å². The molecule has 0 bridgehead atoms.